The molecule has 100 valence electrons. The zero-order chi connectivity index (χ0) is 12.2. The van der Waals surface area contributed by atoms with Gasteiger partial charge in [0, 0.05) is 6.04 Å². The van der Waals surface area contributed by atoms with Crippen LogP contribution in [0.25, 0.3) is 0 Å². The van der Waals surface area contributed by atoms with Crippen LogP contribution in [0.5, 0.6) is 0 Å². The van der Waals surface area contributed by atoms with Crippen LogP contribution in [0.1, 0.15) is 90.4 Å². The molecule has 0 aromatic carbocycles. The van der Waals surface area contributed by atoms with Crippen molar-refractivity contribution in [2.75, 3.05) is 0 Å². The molecule has 1 aliphatic carbocycles. The fourth-order valence-electron chi connectivity index (χ4n) is 2.65. The molecule has 1 rings (SSSR count). The molecule has 17 heavy (non-hydrogen) atoms. The molecule has 1 nitrogen and oxygen atoms in total. The van der Waals surface area contributed by atoms with Crippen LogP contribution in [0.4, 0.5) is 0 Å². The van der Waals surface area contributed by atoms with Crippen molar-refractivity contribution in [1.29, 1.82) is 0 Å². The monoisotopic (exact) mass is 237 g/mol. The van der Waals surface area contributed by atoms with Crippen molar-refractivity contribution >= 4 is 6.21 Å². The Morgan fingerprint density at radius 2 is 1.53 bits per heavy atom. The van der Waals surface area contributed by atoms with Gasteiger partial charge in [0.05, 0.1) is 0 Å². The molecule has 0 bridgehead atoms. The van der Waals surface area contributed by atoms with Crippen molar-refractivity contribution in [2.45, 2.75) is 96.4 Å². The first-order chi connectivity index (χ1) is 8.43. The topological polar surface area (TPSA) is 12.4 Å². The predicted molar refractivity (Wildman–Crippen MR) is 78.0 cm³/mol. The van der Waals surface area contributed by atoms with Gasteiger partial charge in [-0.3, -0.25) is 4.99 Å². The molecule has 0 amide bonds. The summed E-state index contributed by atoms with van der Waals surface area (Å²) in [4.78, 5) is 4.71. The highest BCUT2D eigenvalue weighted by Crippen LogP contribution is 2.20. The van der Waals surface area contributed by atoms with Crippen LogP contribution in [0.15, 0.2) is 4.99 Å². The van der Waals surface area contributed by atoms with Gasteiger partial charge < -0.3 is 0 Å². The second kappa shape index (κ2) is 10.8. The molecule has 0 heterocycles. The van der Waals surface area contributed by atoms with Gasteiger partial charge >= 0.3 is 0 Å². The third-order valence-corrected chi connectivity index (χ3v) is 3.83. The van der Waals surface area contributed by atoms with Gasteiger partial charge in [0.1, 0.15) is 0 Å². The van der Waals surface area contributed by atoms with E-state index in [1.165, 1.54) is 83.5 Å². The molecule has 0 aromatic heterocycles. The highest BCUT2D eigenvalue weighted by atomic mass is 14.8. The van der Waals surface area contributed by atoms with Crippen LogP contribution in [0.3, 0.4) is 0 Å². The van der Waals surface area contributed by atoms with E-state index >= 15 is 0 Å². The number of aliphatic imine (C=N–C) groups is 1. The van der Waals surface area contributed by atoms with E-state index in [0.29, 0.717) is 6.04 Å². The van der Waals surface area contributed by atoms with Gasteiger partial charge in [-0.15, -0.1) is 0 Å². The third-order valence-electron chi connectivity index (χ3n) is 3.83. The number of nitrogens with zero attached hydrogens (tertiary/aromatic N) is 1. The van der Waals surface area contributed by atoms with Crippen LogP contribution in [-0.2, 0) is 0 Å². The highest BCUT2D eigenvalue weighted by molar-refractivity contribution is 5.57. The Balaban J connectivity index is 1.84. The number of hydrogen-bond donors (Lipinski definition) is 0. The van der Waals surface area contributed by atoms with Gasteiger partial charge in [0.15, 0.2) is 0 Å². The molecular formula is C16H31N. The maximum absolute atomic E-state index is 4.71. The fraction of sp³-hybridized carbons (Fsp3) is 0.938. The van der Waals surface area contributed by atoms with Crippen LogP contribution in [0, 0.1) is 0 Å². The molecule has 1 saturated carbocycles. The normalized spacial score (nSPS) is 17.9. The van der Waals surface area contributed by atoms with E-state index < -0.39 is 0 Å². The maximum atomic E-state index is 4.71. The van der Waals surface area contributed by atoms with Crippen molar-refractivity contribution < 1.29 is 0 Å². The van der Waals surface area contributed by atoms with E-state index in [1.807, 2.05) is 0 Å². The van der Waals surface area contributed by atoms with Crippen LogP contribution >= 0.6 is 0 Å². The molecule has 0 radical (unpaired) electrons. The Hall–Kier alpha value is -0.330. The van der Waals surface area contributed by atoms with Gasteiger partial charge in [-0.25, -0.2) is 0 Å². The summed E-state index contributed by atoms with van der Waals surface area (Å²) in [6.45, 7) is 2.28. The lowest BCUT2D eigenvalue weighted by Gasteiger charge is -2.17. The second-order valence-electron chi connectivity index (χ2n) is 5.53. The van der Waals surface area contributed by atoms with Crippen molar-refractivity contribution in [3.05, 3.63) is 0 Å². The van der Waals surface area contributed by atoms with Crippen molar-refractivity contribution in [3.8, 4) is 0 Å². The Bertz CT molecular complexity index is 180. The van der Waals surface area contributed by atoms with Gasteiger partial charge in [0.25, 0.3) is 0 Å². The molecule has 1 fully saturated rings. The van der Waals surface area contributed by atoms with Gasteiger partial charge in [0.2, 0.25) is 0 Å². The van der Waals surface area contributed by atoms with Gasteiger partial charge in [-0.05, 0) is 31.9 Å². The second-order valence-corrected chi connectivity index (χ2v) is 5.53. The lowest BCUT2D eigenvalue weighted by atomic mass is 9.96. The summed E-state index contributed by atoms with van der Waals surface area (Å²) in [7, 11) is 0. The number of rotatable bonds is 9. The minimum atomic E-state index is 0.674. The molecule has 0 atom stereocenters. The van der Waals surface area contributed by atoms with E-state index in [2.05, 4.69) is 13.1 Å². The van der Waals surface area contributed by atoms with E-state index in [4.69, 9.17) is 4.99 Å². The molecule has 0 spiro atoms. The summed E-state index contributed by atoms with van der Waals surface area (Å²) in [5, 5.41) is 0. The van der Waals surface area contributed by atoms with Crippen LogP contribution in [-0.4, -0.2) is 12.3 Å². The average molecular weight is 237 g/mol. The third kappa shape index (κ3) is 8.40. The fourth-order valence-corrected chi connectivity index (χ4v) is 2.65. The first-order valence-electron chi connectivity index (χ1n) is 7.95. The summed E-state index contributed by atoms with van der Waals surface area (Å²) in [5.41, 5.74) is 0. The first kappa shape index (κ1) is 14.7. The summed E-state index contributed by atoms with van der Waals surface area (Å²) in [6, 6.07) is 0.674. The van der Waals surface area contributed by atoms with Crippen molar-refractivity contribution in [2.24, 2.45) is 4.99 Å². The summed E-state index contributed by atoms with van der Waals surface area (Å²) in [6.07, 6.45) is 20.2. The Labute approximate surface area is 108 Å². The Morgan fingerprint density at radius 3 is 2.24 bits per heavy atom. The van der Waals surface area contributed by atoms with E-state index in [-0.39, 0.29) is 0 Å². The molecule has 0 aromatic rings. The van der Waals surface area contributed by atoms with Gasteiger partial charge in [-0.2, -0.15) is 0 Å². The number of hydrogen-bond acceptors (Lipinski definition) is 1. The lowest BCUT2D eigenvalue weighted by molar-refractivity contribution is 0.443. The molecule has 0 saturated heterocycles. The minimum Gasteiger partial charge on any atom is -0.294 e. The van der Waals surface area contributed by atoms with Crippen LogP contribution < -0.4 is 0 Å². The largest absolute Gasteiger partial charge is 0.294 e. The molecule has 1 heteroatoms. The number of unbranched alkanes of at least 4 members (excludes halogenated alkanes) is 7. The summed E-state index contributed by atoms with van der Waals surface area (Å²) >= 11 is 0. The smallest absolute Gasteiger partial charge is 0.0495 e. The standard InChI is InChI=1S/C16H31N/c1-2-3-4-5-6-7-8-12-15-17-16-13-10-9-11-14-16/h15-16H,2-14H2,1H3/b17-15-. The highest BCUT2D eigenvalue weighted by Gasteiger charge is 2.10. The lowest BCUT2D eigenvalue weighted by Crippen LogP contribution is -2.09. The minimum absolute atomic E-state index is 0.674. The SMILES string of the molecule is CCCCCCCCC/C=N\C1CCCCC1. The zero-order valence-corrected chi connectivity index (χ0v) is 11.8. The molecule has 1 aliphatic rings. The predicted octanol–water partition coefficient (Wildman–Crippen LogP) is 5.53. The zero-order valence-electron chi connectivity index (χ0n) is 11.8. The molecular weight excluding hydrogens is 206 g/mol. The summed E-state index contributed by atoms with van der Waals surface area (Å²) in [5.74, 6) is 0. The maximum Gasteiger partial charge on any atom is 0.0495 e. The Morgan fingerprint density at radius 1 is 0.882 bits per heavy atom. The van der Waals surface area contributed by atoms with E-state index in [1.54, 1.807) is 0 Å². The Kier molecular flexibility index (Phi) is 9.36. The van der Waals surface area contributed by atoms with E-state index in [9.17, 15) is 0 Å². The van der Waals surface area contributed by atoms with Crippen LogP contribution in [0.2, 0.25) is 0 Å². The van der Waals surface area contributed by atoms with Gasteiger partial charge in [-0.1, -0.05) is 64.7 Å². The average Bonchev–Trinajstić information content (AvgIpc) is 2.38. The molecule has 0 N–H and O–H groups in total. The van der Waals surface area contributed by atoms with Crippen molar-refractivity contribution in [3.63, 3.8) is 0 Å². The van der Waals surface area contributed by atoms with E-state index in [0.717, 1.165) is 0 Å². The molecule has 0 aliphatic heterocycles. The van der Waals surface area contributed by atoms with Crippen molar-refractivity contribution in [1.82, 2.24) is 0 Å². The quantitative estimate of drug-likeness (QED) is 0.369. The summed E-state index contributed by atoms with van der Waals surface area (Å²) < 4.78 is 0. The first-order valence-corrected chi connectivity index (χ1v) is 7.95. The molecule has 0 unspecified atom stereocenters.